The van der Waals surface area contributed by atoms with E-state index in [1.807, 2.05) is 65.6 Å². The van der Waals surface area contributed by atoms with Crippen molar-refractivity contribution in [3.8, 4) is 11.5 Å². The molecule has 43 heavy (non-hydrogen) atoms. The van der Waals surface area contributed by atoms with Gasteiger partial charge in [0.15, 0.2) is 17.3 Å². The van der Waals surface area contributed by atoms with E-state index in [0.29, 0.717) is 49.7 Å². The van der Waals surface area contributed by atoms with Crippen LogP contribution >= 0.6 is 0 Å². The molecule has 2 aliphatic heterocycles. The Labute approximate surface area is 253 Å². The highest BCUT2D eigenvalue weighted by Crippen LogP contribution is 2.49. The molecule has 0 spiro atoms. The molecule has 1 aromatic heterocycles. The number of aromatic nitrogens is 1. The highest BCUT2D eigenvalue weighted by molar-refractivity contribution is 6.02. The molecule has 1 atom stereocenters. The van der Waals surface area contributed by atoms with Crippen molar-refractivity contribution < 1.29 is 19.1 Å². The first-order valence-corrected chi connectivity index (χ1v) is 14.8. The molecule has 3 aliphatic rings. The summed E-state index contributed by atoms with van der Waals surface area (Å²) in [5.74, 6) is 2.22. The lowest BCUT2D eigenvalue weighted by Crippen LogP contribution is -2.52. The van der Waals surface area contributed by atoms with Gasteiger partial charge in [-0.2, -0.15) is 0 Å². The number of carbonyl (C=O) groups is 2. The fraction of sp³-hybridized carbons (Fsp3) is 0.382. The highest BCUT2D eigenvalue weighted by atomic mass is 16.5. The van der Waals surface area contributed by atoms with Crippen LogP contribution < -0.4 is 24.6 Å². The third-order valence-electron chi connectivity index (χ3n) is 8.64. The summed E-state index contributed by atoms with van der Waals surface area (Å²) in [5, 5.41) is 3.63. The molecule has 1 aliphatic carbocycles. The number of anilines is 3. The molecule has 1 unspecified atom stereocenters. The quantitative estimate of drug-likeness (QED) is 0.432. The third-order valence-corrected chi connectivity index (χ3v) is 8.64. The number of piperazine rings is 1. The number of pyridine rings is 1. The van der Waals surface area contributed by atoms with E-state index >= 15 is 0 Å². The molecule has 9 heteroatoms. The zero-order chi connectivity index (χ0) is 30.1. The van der Waals surface area contributed by atoms with E-state index in [1.165, 1.54) is 0 Å². The Morgan fingerprint density at radius 1 is 0.953 bits per heavy atom. The average molecular weight is 582 g/mol. The highest BCUT2D eigenvalue weighted by Gasteiger charge is 2.42. The van der Waals surface area contributed by atoms with Crippen molar-refractivity contribution in [3.63, 3.8) is 0 Å². The number of nitrogens with one attached hydrogen (secondary N) is 1. The minimum absolute atomic E-state index is 0.0218. The first-order chi connectivity index (χ1) is 20.8. The second kappa shape index (κ2) is 11.6. The zero-order valence-corrected chi connectivity index (χ0v) is 25.3. The van der Waals surface area contributed by atoms with Gasteiger partial charge in [-0.25, -0.2) is 4.98 Å². The van der Waals surface area contributed by atoms with Crippen LogP contribution in [0.15, 0.2) is 78.1 Å². The molecule has 1 saturated heterocycles. The molecular formula is C34H39N5O4. The number of benzene rings is 2. The Balaban J connectivity index is 1.39. The molecule has 6 rings (SSSR count). The van der Waals surface area contributed by atoms with Gasteiger partial charge in [0.1, 0.15) is 5.82 Å². The number of nitrogens with zero attached hydrogens (tertiary/aromatic N) is 4. The Morgan fingerprint density at radius 3 is 2.42 bits per heavy atom. The Kier molecular flexibility index (Phi) is 7.73. The van der Waals surface area contributed by atoms with Crippen LogP contribution in [-0.2, 0) is 9.59 Å². The van der Waals surface area contributed by atoms with E-state index in [-0.39, 0.29) is 23.7 Å². The maximum Gasteiger partial charge on any atom is 0.242 e. The molecule has 0 saturated carbocycles. The lowest BCUT2D eigenvalue weighted by Gasteiger charge is -2.40. The van der Waals surface area contributed by atoms with Crippen molar-refractivity contribution in [1.29, 1.82) is 0 Å². The number of para-hydroxylation sites is 2. The third kappa shape index (κ3) is 5.63. The van der Waals surface area contributed by atoms with Gasteiger partial charge in [0.2, 0.25) is 5.91 Å². The van der Waals surface area contributed by atoms with Crippen LogP contribution in [0.2, 0.25) is 0 Å². The fourth-order valence-corrected chi connectivity index (χ4v) is 6.57. The molecule has 3 aromatic rings. The van der Waals surface area contributed by atoms with Gasteiger partial charge in [0.05, 0.1) is 38.2 Å². The number of hydrogen-bond acceptors (Lipinski definition) is 8. The predicted molar refractivity (Wildman–Crippen MR) is 168 cm³/mol. The Hall–Kier alpha value is -4.53. The molecule has 3 heterocycles. The normalized spacial score (nSPS) is 19.7. The van der Waals surface area contributed by atoms with Crippen LogP contribution in [0, 0.1) is 5.41 Å². The Morgan fingerprint density at radius 2 is 1.70 bits per heavy atom. The van der Waals surface area contributed by atoms with Crippen LogP contribution in [-0.4, -0.2) is 68.5 Å². The minimum atomic E-state index is -0.492. The predicted octanol–water partition coefficient (Wildman–Crippen LogP) is 5.06. The summed E-state index contributed by atoms with van der Waals surface area (Å²) in [6.07, 6.45) is 2.96. The lowest BCUT2D eigenvalue weighted by molar-refractivity contribution is -0.130. The van der Waals surface area contributed by atoms with Gasteiger partial charge in [-0.05, 0) is 53.8 Å². The first-order valence-electron chi connectivity index (χ1n) is 14.8. The monoisotopic (exact) mass is 581 g/mol. The topological polar surface area (TPSA) is 87.2 Å². The van der Waals surface area contributed by atoms with Crippen molar-refractivity contribution in [2.24, 2.45) is 5.41 Å². The number of ketones is 1. The van der Waals surface area contributed by atoms with Gasteiger partial charge in [0, 0.05) is 50.1 Å². The number of allylic oxidation sites excluding steroid dienone is 1. The van der Waals surface area contributed by atoms with Crippen LogP contribution in [0.1, 0.15) is 38.3 Å². The van der Waals surface area contributed by atoms with Gasteiger partial charge < -0.3 is 29.5 Å². The number of fused-ring (bicyclic) bond motifs is 1. The summed E-state index contributed by atoms with van der Waals surface area (Å²) < 4.78 is 11.2. The van der Waals surface area contributed by atoms with Crippen LogP contribution in [0.5, 0.6) is 11.5 Å². The van der Waals surface area contributed by atoms with E-state index in [1.54, 1.807) is 20.4 Å². The Bertz CT molecular complexity index is 1550. The van der Waals surface area contributed by atoms with E-state index < -0.39 is 6.04 Å². The number of methoxy groups -OCH3 is 2. The number of carbonyl (C=O) groups excluding carboxylic acids is 2. The van der Waals surface area contributed by atoms with Gasteiger partial charge in [0.25, 0.3) is 0 Å². The van der Waals surface area contributed by atoms with E-state index in [0.717, 1.165) is 34.9 Å². The number of hydrogen-bond donors (Lipinski definition) is 1. The van der Waals surface area contributed by atoms with Gasteiger partial charge in [-0.1, -0.05) is 38.1 Å². The molecule has 224 valence electrons. The minimum Gasteiger partial charge on any atom is -0.493 e. The van der Waals surface area contributed by atoms with Crippen LogP contribution in [0.25, 0.3) is 0 Å². The fourth-order valence-electron chi connectivity index (χ4n) is 6.57. The number of Topliss-reactive ketones (excluding diaryl/α,β-unsaturated/α-hetero) is 1. The summed E-state index contributed by atoms with van der Waals surface area (Å²) in [7, 11) is 3.21. The molecule has 0 bridgehead atoms. The second-order valence-corrected chi connectivity index (χ2v) is 12.2. The summed E-state index contributed by atoms with van der Waals surface area (Å²) in [4.78, 5) is 38.8. The number of ether oxygens (including phenoxy) is 2. The van der Waals surface area contributed by atoms with E-state index in [2.05, 4.69) is 33.9 Å². The summed E-state index contributed by atoms with van der Waals surface area (Å²) >= 11 is 0. The maximum absolute atomic E-state index is 14.1. The van der Waals surface area contributed by atoms with Crippen LogP contribution in [0.4, 0.5) is 17.2 Å². The first kappa shape index (κ1) is 28.6. The number of rotatable bonds is 6. The summed E-state index contributed by atoms with van der Waals surface area (Å²) in [5.41, 5.74) is 4.06. The SMILES string of the molecule is COc1ccc(C2C3=C(CC(C)(C)CC3=O)Nc3ccccc3N2CC(=O)N2CCN(c3ccccn3)CC2)cc1OC. The smallest absolute Gasteiger partial charge is 0.242 e. The number of amides is 1. The summed E-state index contributed by atoms with van der Waals surface area (Å²) in [6.45, 7) is 7.01. The summed E-state index contributed by atoms with van der Waals surface area (Å²) in [6, 6.07) is 19.2. The van der Waals surface area contributed by atoms with Crippen molar-refractivity contribution in [2.75, 3.05) is 62.1 Å². The molecule has 0 radical (unpaired) electrons. The van der Waals surface area contributed by atoms with Crippen LogP contribution in [0.3, 0.4) is 0 Å². The van der Waals surface area contributed by atoms with Gasteiger partial charge in [-0.3, -0.25) is 9.59 Å². The second-order valence-electron chi connectivity index (χ2n) is 12.2. The molecule has 1 fully saturated rings. The van der Waals surface area contributed by atoms with Crippen molar-refractivity contribution >= 4 is 28.9 Å². The van der Waals surface area contributed by atoms with E-state index in [4.69, 9.17) is 9.47 Å². The van der Waals surface area contributed by atoms with E-state index in [9.17, 15) is 9.59 Å². The molecule has 1 amide bonds. The van der Waals surface area contributed by atoms with Gasteiger partial charge >= 0.3 is 0 Å². The molecule has 2 aromatic carbocycles. The molecule has 1 N–H and O–H groups in total. The largest absolute Gasteiger partial charge is 0.493 e. The maximum atomic E-state index is 14.1. The standard InChI is InChI=1S/C34H39N5O4/c1-34(2)20-25-32(27(40)21-34)33(23-12-13-28(42-3)29(19-23)43-4)39(26-10-6-5-9-24(26)36-25)22-31(41)38-17-15-37(16-18-38)30-11-7-8-14-35-30/h5-14,19,33,36H,15-18,20-22H2,1-4H3. The van der Waals surface area contributed by atoms with Crippen molar-refractivity contribution in [3.05, 3.63) is 83.7 Å². The lowest BCUT2D eigenvalue weighted by atomic mass is 9.73. The van der Waals surface area contributed by atoms with Crippen molar-refractivity contribution in [2.45, 2.75) is 32.7 Å². The van der Waals surface area contributed by atoms with Gasteiger partial charge in [-0.15, -0.1) is 0 Å². The molecule has 9 nitrogen and oxygen atoms in total. The zero-order valence-electron chi connectivity index (χ0n) is 25.3. The van der Waals surface area contributed by atoms with Crippen molar-refractivity contribution in [1.82, 2.24) is 9.88 Å². The molecular weight excluding hydrogens is 542 g/mol. The average Bonchev–Trinajstić information content (AvgIpc) is 3.15.